The maximum absolute atomic E-state index is 13.2. The SMILES string of the molecule is Cc1ccc(C)c(CCNc2ncc3c4[nH]ncc4c(=O)n(-c4ccccc4)c3n2)c1. The maximum Gasteiger partial charge on any atom is 0.267 e. The third-order valence-corrected chi connectivity index (χ3v) is 5.52. The van der Waals surface area contributed by atoms with Crippen LogP contribution in [0.3, 0.4) is 0 Å². The third kappa shape index (κ3) is 3.44. The van der Waals surface area contributed by atoms with Crippen LogP contribution >= 0.6 is 0 Å². The predicted molar refractivity (Wildman–Crippen MR) is 123 cm³/mol. The molecule has 2 aromatic carbocycles. The van der Waals surface area contributed by atoms with E-state index in [4.69, 9.17) is 4.98 Å². The van der Waals surface area contributed by atoms with E-state index in [1.165, 1.54) is 16.7 Å². The van der Waals surface area contributed by atoms with Crippen molar-refractivity contribution in [1.82, 2.24) is 24.7 Å². The lowest BCUT2D eigenvalue weighted by molar-refractivity contribution is 0.964. The second kappa shape index (κ2) is 7.68. The first kappa shape index (κ1) is 19.0. The lowest BCUT2D eigenvalue weighted by atomic mass is 10.0. The Morgan fingerprint density at radius 2 is 1.87 bits per heavy atom. The van der Waals surface area contributed by atoms with Crippen LogP contribution in [0.5, 0.6) is 0 Å². The van der Waals surface area contributed by atoms with Crippen molar-refractivity contribution < 1.29 is 0 Å². The Morgan fingerprint density at radius 3 is 2.71 bits per heavy atom. The lowest BCUT2D eigenvalue weighted by Crippen LogP contribution is -2.20. The molecule has 2 N–H and O–H groups in total. The molecule has 0 atom stereocenters. The molecule has 0 spiro atoms. The highest BCUT2D eigenvalue weighted by atomic mass is 16.1. The van der Waals surface area contributed by atoms with Gasteiger partial charge in [0.25, 0.3) is 5.56 Å². The number of rotatable bonds is 5. The van der Waals surface area contributed by atoms with Gasteiger partial charge in [0.15, 0.2) is 5.65 Å². The van der Waals surface area contributed by atoms with Crippen LogP contribution in [0.4, 0.5) is 5.95 Å². The number of nitrogens with zero attached hydrogens (tertiary/aromatic N) is 4. The molecular weight excluding hydrogens is 388 g/mol. The van der Waals surface area contributed by atoms with Crippen molar-refractivity contribution in [3.63, 3.8) is 0 Å². The highest BCUT2D eigenvalue weighted by molar-refractivity contribution is 6.02. The Balaban J connectivity index is 1.55. The van der Waals surface area contributed by atoms with Crippen molar-refractivity contribution in [1.29, 1.82) is 0 Å². The summed E-state index contributed by atoms with van der Waals surface area (Å²) in [6, 6.07) is 16.0. The van der Waals surface area contributed by atoms with Crippen LogP contribution in [0.2, 0.25) is 0 Å². The highest BCUT2D eigenvalue weighted by Gasteiger charge is 2.16. The first-order valence-electron chi connectivity index (χ1n) is 10.2. The van der Waals surface area contributed by atoms with E-state index in [2.05, 4.69) is 52.5 Å². The van der Waals surface area contributed by atoms with Crippen LogP contribution in [0.1, 0.15) is 16.7 Å². The fourth-order valence-corrected chi connectivity index (χ4v) is 3.87. The first-order valence-corrected chi connectivity index (χ1v) is 10.2. The zero-order chi connectivity index (χ0) is 21.4. The fourth-order valence-electron chi connectivity index (χ4n) is 3.87. The molecule has 7 heteroatoms. The minimum atomic E-state index is -0.164. The molecule has 0 aliphatic heterocycles. The maximum atomic E-state index is 13.2. The van der Waals surface area contributed by atoms with Crippen molar-refractivity contribution >= 4 is 27.9 Å². The number of nitrogens with one attached hydrogen (secondary N) is 2. The van der Waals surface area contributed by atoms with E-state index in [0.717, 1.165) is 17.5 Å². The summed E-state index contributed by atoms with van der Waals surface area (Å²) >= 11 is 0. The van der Waals surface area contributed by atoms with E-state index in [9.17, 15) is 4.79 Å². The summed E-state index contributed by atoms with van der Waals surface area (Å²) in [6.07, 6.45) is 4.15. The van der Waals surface area contributed by atoms with E-state index >= 15 is 0 Å². The largest absolute Gasteiger partial charge is 0.354 e. The zero-order valence-electron chi connectivity index (χ0n) is 17.4. The molecule has 0 unspecified atom stereocenters. The molecule has 0 saturated heterocycles. The number of fused-ring (bicyclic) bond motifs is 3. The van der Waals surface area contributed by atoms with E-state index < -0.39 is 0 Å². The van der Waals surface area contributed by atoms with Gasteiger partial charge in [-0.15, -0.1) is 0 Å². The summed E-state index contributed by atoms with van der Waals surface area (Å²) in [6.45, 7) is 4.91. The second-order valence-electron chi connectivity index (χ2n) is 7.67. The minimum absolute atomic E-state index is 0.164. The summed E-state index contributed by atoms with van der Waals surface area (Å²) < 4.78 is 1.62. The van der Waals surface area contributed by atoms with Crippen LogP contribution in [-0.2, 0) is 6.42 Å². The molecule has 5 aromatic rings. The summed E-state index contributed by atoms with van der Waals surface area (Å²) in [7, 11) is 0. The zero-order valence-corrected chi connectivity index (χ0v) is 17.4. The van der Waals surface area contributed by atoms with Crippen molar-refractivity contribution in [2.75, 3.05) is 11.9 Å². The number of aromatic nitrogens is 5. The van der Waals surface area contributed by atoms with Crippen LogP contribution in [0.15, 0.2) is 65.7 Å². The Bertz CT molecular complexity index is 1450. The van der Waals surface area contributed by atoms with Crippen LogP contribution in [0.25, 0.3) is 27.6 Å². The number of hydrogen-bond acceptors (Lipinski definition) is 5. The molecule has 0 amide bonds. The van der Waals surface area contributed by atoms with Gasteiger partial charge in [-0.05, 0) is 43.5 Å². The summed E-state index contributed by atoms with van der Waals surface area (Å²) in [5.74, 6) is 0.487. The van der Waals surface area contributed by atoms with Gasteiger partial charge in [0.2, 0.25) is 5.95 Å². The Kier molecular flexibility index (Phi) is 4.71. The minimum Gasteiger partial charge on any atom is -0.354 e. The average molecular weight is 410 g/mol. The quantitative estimate of drug-likeness (QED) is 0.458. The number of benzene rings is 2. The van der Waals surface area contributed by atoms with Crippen LogP contribution in [-0.4, -0.2) is 31.3 Å². The molecule has 31 heavy (non-hydrogen) atoms. The fraction of sp³-hybridized carbons (Fsp3) is 0.167. The van der Waals surface area contributed by atoms with E-state index in [0.29, 0.717) is 29.0 Å². The molecule has 154 valence electrons. The van der Waals surface area contributed by atoms with E-state index in [1.54, 1.807) is 17.0 Å². The average Bonchev–Trinajstić information content (AvgIpc) is 3.28. The molecule has 0 radical (unpaired) electrons. The van der Waals surface area contributed by atoms with Gasteiger partial charge in [0.1, 0.15) is 0 Å². The monoisotopic (exact) mass is 410 g/mol. The Labute approximate surface area is 178 Å². The van der Waals surface area contributed by atoms with Crippen molar-refractivity contribution in [2.45, 2.75) is 20.3 Å². The van der Waals surface area contributed by atoms with Crippen molar-refractivity contribution in [3.8, 4) is 5.69 Å². The number of aromatic amines is 1. The topological polar surface area (TPSA) is 88.5 Å². The van der Waals surface area contributed by atoms with E-state index in [1.807, 2.05) is 30.3 Å². The van der Waals surface area contributed by atoms with Gasteiger partial charge in [-0.3, -0.25) is 14.5 Å². The van der Waals surface area contributed by atoms with Gasteiger partial charge in [-0.1, -0.05) is 42.0 Å². The molecule has 3 heterocycles. The van der Waals surface area contributed by atoms with Gasteiger partial charge >= 0.3 is 0 Å². The Morgan fingerprint density at radius 1 is 1.03 bits per heavy atom. The number of para-hydroxylation sites is 1. The van der Waals surface area contributed by atoms with E-state index in [-0.39, 0.29) is 5.56 Å². The molecule has 0 saturated carbocycles. The predicted octanol–water partition coefficient (Wildman–Crippen LogP) is 3.93. The molecule has 7 nitrogen and oxygen atoms in total. The summed E-state index contributed by atoms with van der Waals surface area (Å²) in [5, 5.41) is 11.5. The molecule has 0 aliphatic rings. The third-order valence-electron chi connectivity index (χ3n) is 5.52. The molecule has 5 rings (SSSR count). The van der Waals surface area contributed by atoms with Gasteiger partial charge < -0.3 is 5.32 Å². The van der Waals surface area contributed by atoms with Gasteiger partial charge in [-0.2, -0.15) is 10.1 Å². The second-order valence-corrected chi connectivity index (χ2v) is 7.67. The Hall–Kier alpha value is -4.00. The summed E-state index contributed by atoms with van der Waals surface area (Å²) in [4.78, 5) is 22.4. The smallest absolute Gasteiger partial charge is 0.267 e. The number of hydrogen-bond donors (Lipinski definition) is 2. The number of anilines is 1. The standard InChI is InChI=1S/C24H22N6O/c1-15-8-9-16(2)17(12-15)10-11-25-24-26-13-19-21-20(14-27-29-21)23(31)30(22(19)28-24)18-6-4-3-5-7-18/h3-9,12-14H,10-11H2,1-2H3,(H,27,29)(H,25,26,28). The highest BCUT2D eigenvalue weighted by Crippen LogP contribution is 2.22. The van der Waals surface area contributed by atoms with Crippen LogP contribution < -0.4 is 10.9 Å². The number of pyridine rings is 1. The summed E-state index contributed by atoms with van der Waals surface area (Å²) in [5.41, 5.74) is 5.59. The van der Waals surface area contributed by atoms with Crippen LogP contribution in [0, 0.1) is 13.8 Å². The normalized spacial score (nSPS) is 11.3. The molecule has 0 bridgehead atoms. The van der Waals surface area contributed by atoms with Gasteiger partial charge in [-0.25, -0.2) is 4.98 Å². The van der Waals surface area contributed by atoms with Gasteiger partial charge in [0.05, 0.1) is 28.2 Å². The first-order chi connectivity index (χ1) is 15.1. The molecular formula is C24H22N6O. The van der Waals surface area contributed by atoms with Crippen molar-refractivity contribution in [2.24, 2.45) is 0 Å². The van der Waals surface area contributed by atoms with Crippen molar-refractivity contribution in [3.05, 3.63) is 88.0 Å². The molecule has 0 fully saturated rings. The number of aryl methyl sites for hydroxylation is 2. The lowest BCUT2D eigenvalue weighted by Gasteiger charge is -2.12. The van der Waals surface area contributed by atoms with Gasteiger partial charge in [0, 0.05) is 12.7 Å². The number of H-pyrrole nitrogens is 1. The molecule has 0 aliphatic carbocycles. The molecule has 3 aromatic heterocycles.